The average molecular weight is 391 g/mol. The fraction of sp³-hybridized carbons (Fsp3) is 0.333. The minimum atomic E-state index is -5.84. The zero-order valence-corrected chi connectivity index (χ0v) is 14.2. The Hall–Kier alpha value is -2.58. The Morgan fingerprint density at radius 3 is 1.81 bits per heavy atom. The first-order valence-electron chi connectivity index (χ1n) is 7.74. The molecule has 1 aliphatic carbocycles. The van der Waals surface area contributed by atoms with E-state index in [9.17, 15) is 35.9 Å². The largest absolute Gasteiger partial charge is 0.409 e. The maximum absolute atomic E-state index is 14.1. The van der Waals surface area contributed by atoms with E-state index in [1.807, 2.05) is 0 Å². The summed E-state index contributed by atoms with van der Waals surface area (Å²) in [6.45, 7) is 1.49. The first-order chi connectivity index (χ1) is 12.4. The van der Waals surface area contributed by atoms with Crippen molar-refractivity contribution in [1.82, 2.24) is 4.90 Å². The van der Waals surface area contributed by atoms with E-state index in [2.05, 4.69) is 0 Å². The van der Waals surface area contributed by atoms with Gasteiger partial charge in [-0.3, -0.25) is 14.5 Å². The Kier molecular flexibility index (Phi) is 5.27. The van der Waals surface area contributed by atoms with Gasteiger partial charge in [0.15, 0.2) is 0 Å². The zero-order chi connectivity index (χ0) is 20.6. The molecule has 146 valence electrons. The quantitative estimate of drug-likeness (QED) is 0.696. The number of carbonyl (C=O) groups excluding carboxylic acids is 2. The minimum absolute atomic E-state index is 0.00653. The molecule has 2 amide bonds. The van der Waals surface area contributed by atoms with Crippen molar-refractivity contribution in [2.45, 2.75) is 32.2 Å². The molecule has 1 aromatic rings. The number of amides is 2. The number of allylic oxidation sites excluding steroid dienone is 2. The SMILES string of the molecule is CC(=O)N(C(C)=O)C1C=CC=C(c2ccccc2)C1(C(F)(F)F)C(F)(F)F. The molecule has 0 heterocycles. The first-order valence-corrected chi connectivity index (χ1v) is 7.74. The molecule has 0 aromatic heterocycles. The lowest BCUT2D eigenvalue weighted by molar-refractivity contribution is -0.326. The van der Waals surface area contributed by atoms with Crippen LogP contribution in [0, 0.1) is 5.41 Å². The summed E-state index contributed by atoms with van der Waals surface area (Å²) in [5.41, 5.74) is -5.86. The molecule has 0 spiro atoms. The molecule has 0 radical (unpaired) electrons. The van der Waals surface area contributed by atoms with E-state index in [-0.39, 0.29) is 10.5 Å². The second kappa shape index (κ2) is 6.86. The molecule has 0 saturated carbocycles. The molecule has 27 heavy (non-hydrogen) atoms. The smallest absolute Gasteiger partial charge is 0.275 e. The van der Waals surface area contributed by atoms with Crippen LogP contribution in [0.2, 0.25) is 0 Å². The molecule has 0 aliphatic heterocycles. The Morgan fingerprint density at radius 1 is 0.926 bits per heavy atom. The van der Waals surface area contributed by atoms with Crippen molar-refractivity contribution >= 4 is 17.4 Å². The van der Waals surface area contributed by atoms with Crippen LogP contribution >= 0.6 is 0 Å². The normalized spacial score (nSPS) is 19.4. The molecule has 2 rings (SSSR count). The third kappa shape index (κ3) is 3.26. The molecule has 3 nitrogen and oxygen atoms in total. The lowest BCUT2D eigenvalue weighted by Crippen LogP contribution is -2.64. The lowest BCUT2D eigenvalue weighted by atomic mass is 9.66. The third-order valence-electron chi connectivity index (χ3n) is 4.36. The number of nitrogens with zero attached hydrogens (tertiary/aromatic N) is 1. The van der Waals surface area contributed by atoms with E-state index >= 15 is 0 Å². The molecule has 9 heteroatoms. The summed E-state index contributed by atoms with van der Waals surface area (Å²) in [6.07, 6.45) is -9.40. The molecular weight excluding hydrogens is 376 g/mol. The van der Waals surface area contributed by atoms with Crippen LogP contribution in [0.5, 0.6) is 0 Å². The van der Waals surface area contributed by atoms with Gasteiger partial charge in [0.25, 0.3) is 0 Å². The summed E-state index contributed by atoms with van der Waals surface area (Å²) in [5.74, 6) is -2.44. The first kappa shape index (κ1) is 20.7. The fourth-order valence-electron chi connectivity index (χ4n) is 3.33. The van der Waals surface area contributed by atoms with Crippen LogP contribution in [-0.4, -0.2) is 35.1 Å². The fourth-order valence-corrected chi connectivity index (χ4v) is 3.33. The molecule has 0 bridgehead atoms. The van der Waals surface area contributed by atoms with Gasteiger partial charge in [0.1, 0.15) is 0 Å². The van der Waals surface area contributed by atoms with Gasteiger partial charge in [0, 0.05) is 13.8 Å². The molecule has 0 fully saturated rings. The third-order valence-corrected chi connectivity index (χ3v) is 4.36. The van der Waals surface area contributed by atoms with Crippen molar-refractivity contribution in [1.29, 1.82) is 0 Å². The van der Waals surface area contributed by atoms with E-state index in [0.29, 0.717) is 12.2 Å². The summed E-state index contributed by atoms with van der Waals surface area (Å²) in [6, 6.07) is 3.66. The van der Waals surface area contributed by atoms with Crippen molar-refractivity contribution in [3.63, 3.8) is 0 Å². The summed E-state index contributed by atoms with van der Waals surface area (Å²) >= 11 is 0. The monoisotopic (exact) mass is 391 g/mol. The lowest BCUT2D eigenvalue weighted by Gasteiger charge is -2.47. The van der Waals surface area contributed by atoms with Gasteiger partial charge in [0.2, 0.25) is 17.2 Å². The number of imide groups is 1. The molecule has 0 saturated heterocycles. The Labute approximate surface area is 151 Å². The highest BCUT2D eigenvalue weighted by atomic mass is 19.4. The highest BCUT2D eigenvalue weighted by Gasteiger charge is 2.77. The maximum Gasteiger partial charge on any atom is 0.409 e. The maximum atomic E-state index is 14.1. The van der Waals surface area contributed by atoms with Crippen molar-refractivity contribution in [2.75, 3.05) is 0 Å². The second-order valence-electron chi connectivity index (χ2n) is 5.99. The number of halogens is 6. The van der Waals surface area contributed by atoms with Crippen LogP contribution in [0.25, 0.3) is 5.57 Å². The zero-order valence-electron chi connectivity index (χ0n) is 14.2. The van der Waals surface area contributed by atoms with Crippen LogP contribution in [0.3, 0.4) is 0 Å². The van der Waals surface area contributed by atoms with Gasteiger partial charge in [-0.2, -0.15) is 26.3 Å². The Balaban J connectivity index is 2.90. The summed E-state index contributed by atoms with van der Waals surface area (Å²) in [4.78, 5) is 23.6. The van der Waals surface area contributed by atoms with Crippen molar-refractivity contribution in [3.05, 3.63) is 54.1 Å². The predicted octanol–water partition coefficient (Wildman–Crippen LogP) is 4.51. The Morgan fingerprint density at radius 2 is 1.41 bits per heavy atom. The Bertz CT molecular complexity index is 764. The topological polar surface area (TPSA) is 37.4 Å². The van der Waals surface area contributed by atoms with E-state index in [0.717, 1.165) is 32.1 Å². The van der Waals surface area contributed by atoms with Crippen LogP contribution in [0.1, 0.15) is 19.4 Å². The predicted molar refractivity (Wildman–Crippen MR) is 85.1 cm³/mol. The van der Waals surface area contributed by atoms with Crippen LogP contribution in [0.4, 0.5) is 26.3 Å². The van der Waals surface area contributed by atoms with Gasteiger partial charge in [-0.25, -0.2) is 0 Å². The molecule has 1 aliphatic rings. The number of hydrogen-bond acceptors (Lipinski definition) is 2. The van der Waals surface area contributed by atoms with E-state index in [1.165, 1.54) is 18.2 Å². The van der Waals surface area contributed by atoms with Gasteiger partial charge in [-0.15, -0.1) is 0 Å². The van der Waals surface area contributed by atoms with Crippen LogP contribution in [-0.2, 0) is 9.59 Å². The average Bonchev–Trinajstić information content (AvgIpc) is 2.52. The molecule has 1 unspecified atom stereocenters. The highest BCUT2D eigenvalue weighted by molar-refractivity contribution is 5.94. The van der Waals surface area contributed by atoms with Crippen LogP contribution < -0.4 is 0 Å². The number of carbonyl (C=O) groups is 2. The van der Waals surface area contributed by atoms with E-state index < -0.39 is 41.2 Å². The molecule has 1 aromatic carbocycles. The molecule has 0 N–H and O–H groups in total. The summed E-state index contributed by atoms with van der Waals surface area (Å²) in [7, 11) is 0. The minimum Gasteiger partial charge on any atom is -0.275 e. The van der Waals surface area contributed by atoms with Crippen molar-refractivity contribution in [3.8, 4) is 0 Å². The van der Waals surface area contributed by atoms with Crippen LogP contribution in [0.15, 0.2) is 48.6 Å². The van der Waals surface area contributed by atoms with Gasteiger partial charge in [0.05, 0.1) is 6.04 Å². The van der Waals surface area contributed by atoms with Crippen molar-refractivity contribution < 1.29 is 35.9 Å². The van der Waals surface area contributed by atoms with Gasteiger partial charge >= 0.3 is 12.4 Å². The molecule has 1 atom stereocenters. The summed E-state index contributed by atoms with van der Waals surface area (Å²) in [5, 5.41) is 0. The van der Waals surface area contributed by atoms with E-state index in [4.69, 9.17) is 0 Å². The molecular formula is C18H15F6NO2. The van der Waals surface area contributed by atoms with Gasteiger partial charge < -0.3 is 0 Å². The van der Waals surface area contributed by atoms with Gasteiger partial charge in [-0.1, -0.05) is 48.6 Å². The van der Waals surface area contributed by atoms with E-state index in [1.54, 1.807) is 0 Å². The number of benzene rings is 1. The summed E-state index contributed by atoms with van der Waals surface area (Å²) < 4.78 is 84.7. The number of rotatable bonds is 2. The van der Waals surface area contributed by atoms with Gasteiger partial charge in [-0.05, 0) is 11.1 Å². The second-order valence-corrected chi connectivity index (χ2v) is 5.99. The number of alkyl halides is 6. The standard InChI is InChI=1S/C18H15F6NO2/c1-11(26)25(12(2)27)15-10-6-9-14(13-7-4-3-5-8-13)16(15,17(19,20)21)18(22,23)24/h3-10,15H,1-2H3. The number of hydrogen-bond donors (Lipinski definition) is 0. The van der Waals surface area contributed by atoms with Crippen molar-refractivity contribution in [2.24, 2.45) is 5.41 Å². The highest BCUT2D eigenvalue weighted by Crippen LogP contribution is 2.62.